The highest BCUT2D eigenvalue weighted by Crippen LogP contribution is 2.27. The van der Waals surface area contributed by atoms with Crippen LogP contribution in [-0.2, 0) is 17.9 Å². The molecule has 35 heavy (non-hydrogen) atoms. The molecule has 1 aromatic heterocycles. The predicted molar refractivity (Wildman–Crippen MR) is 139 cm³/mol. The molecule has 1 fully saturated rings. The van der Waals surface area contributed by atoms with Crippen LogP contribution in [0.1, 0.15) is 57.8 Å². The summed E-state index contributed by atoms with van der Waals surface area (Å²) in [6.07, 6.45) is 4.99. The molecule has 1 heterocycles. The van der Waals surface area contributed by atoms with Crippen molar-refractivity contribution < 1.29 is 14.0 Å². The maximum absolute atomic E-state index is 13.7. The van der Waals surface area contributed by atoms with Crippen molar-refractivity contribution in [2.75, 3.05) is 6.54 Å². The van der Waals surface area contributed by atoms with E-state index in [0.29, 0.717) is 23.7 Å². The molecule has 1 aliphatic carbocycles. The van der Waals surface area contributed by atoms with Gasteiger partial charge in [-0.2, -0.15) is 0 Å². The van der Waals surface area contributed by atoms with Crippen LogP contribution in [0.5, 0.6) is 0 Å². The fraction of sp³-hybridized carbons (Fsp3) is 0.357. The highest BCUT2D eigenvalue weighted by atomic mass is 35.5. The number of halogens is 2. The summed E-state index contributed by atoms with van der Waals surface area (Å²) in [6, 6.07) is 17.3. The van der Waals surface area contributed by atoms with Crippen LogP contribution in [0, 0.1) is 12.7 Å². The summed E-state index contributed by atoms with van der Waals surface area (Å²) in [4.78, 5) is 33.1. The first-order valence-corrected chi connectivity index (χ1v) is 13.2. The van der Waals surface area contributed by atoms with Gasteiger partial charge < -0.3 is 9.80 Å². The largest absolute Gasteiger partial charge is 0.332 e. The van der Waals surface area contributed by atoms with Gasteiger partial charge in [-0.25, -0.2) is 4.39 Å². The Morgan fingerprint density at radius 2 is 1.69 bits per heavy atom. The molecule has 184 valence electrons. The van der Waals surface area contributed by atoms with Gasteiger partial charge in [0.05, 0.1) is 17.1 Å². The third-order valence-electron chi connectivity index (χ3n) is 6.47. The Balaban J connectivity index is 1.59. The minimum absolute atomic E-state index is 0.00752. The second kappa shape index (κ2) is 11.8. The van der Waals surface area contributed by atoms with Gasteiger partial charge in [0.1, 0.15) is 12.4 Å². The Hall–Kier alpha value is -2.70. The lowest BCUT2D eigenvalue weighted by atomic mass is 9.93. The molecular weight excluding hydrogens is 483 g/mol. The lowest BCUT2D eigenvalue weighted by molar-refractivity contribution is -0.133. The molecule has 0 N–H and O–H groups in total. The number of hydrogen-bond donors (Lipinski definition) is 0. The van der Waals surface area contributed by atoms with Crippen LogP contribution in [0.2, 0.25) is 5.02 Å². The first-order chi connectivity index (χ1) is 16.9. The summed E-state index contributed by atoms with van der Waals surface area (Å²) in [5, 5.41) is 0.392. The Labute approximate surface area is 215 Å². The van der Waals surface area contributed by atoms with Gasteiger partial charge in [0.15, 0.2) is 0 Å². The van der Waals surface area contributed by atoms with E-state index in [2.05, 4.69) is 0 Å². The van der Waals surface area contributed by atoms with Gasteiger partial charge in [-0.1, -0.05) is 55.1 Å². The molecule has 0 spiro atoms. The van der Waals surface area contributed by atoms with Crippen molar-refractivity contribution in [2.24, 2.45) is 0 Å². The molecule has 1 aliphatic rings. The van der Waals surface area contributed by atoms with Crippen molar-refractivity contribution in [1.82, 2.24) is 9.80 Å². The Morgan fingerprint density at radius 1 is 0.971 bits per heavy atom. The third-order valence-corrected chi connectivity index (χ3v) is 7.78. The number of carbonyl (C=O) groups excluding carboxylic acids is 2. The van der Waals surface area contributed by atoms with Crippen LogP contribution in [0.3, 0.4) is 0 Å². The molecule has 3 aromatic rings. The van der Waals surface area contributed by atoms with Crippen LogP contribution in [0.15, 0.2) is 60.7 Å². The first kappa shape index (κ1) is 25.4. The van der Waals surface area contributed by atoms with Crippen molar-refractivity contribution in [2.45, 2.75) is 58.2 Å². The molecule has 0 saturated heterocycles. The predicted octanol–water partition coefficient (Wildman–Crippen LogP) is 6.85. The molecule has 4 rings (SSSR count). The van der Waals surface area contributed by atoms with Gasteiger partial charge in [-0.15, -0.1) is 11.3 Å². The zero-order chi connectivity index (χ0) is 24.8. The summed E-state index contributed by atoms with van der Waals surface area (Å²) >= 11 is 8.01. The summed E-state index contributed by atoms with van der Waals surface area (Å²) in [5.74, 6) is -0.648. The van der Waals surface area contributed by atoms with Crippen LogP contribution < -0.4 is 0 Å². The van der Waals surface area contributed by atoms with E-state index < -0.39 is 0 Å². The Morgan fingerprint density at radius 3 is 2.34 bits per heavy atom. The molecule has 7 heteroatoms. The lowest BCUT2D eigenvalue weighted by Crippen LogP contribution is -2.48. The molecule has 4 nitrogen and oxygen atoms in total. The summed E-state index contributed by atoms with van der Waals surface area (Å²) in [7, 11) is 0. The van der Waals surface area contributed by atoms with Crippen molar-refractivity contribution in [3.05, 3.63) is 92.4 Å². The summed E-state index contributed by atoms with van der Waals surface area (Å²) in [6.45, 7) is 2.80. The van der Waals surface area contributed by atoms with E-state index in [1.165, 1.54) is 17.0 Å². The molecule has 0 atom stereocenters. The highest BCUT2D eigenvalue weighted by molar-refractivity contribution is 7.11. The number of rotatable bonds is 8. The van der Waals surface area contributed by atoms with Crippen molar-refractivity contribution in [1.29, 1.82) is 0 Å². The van der Waals surface area contributed by atoms with E-state index in [4.69, 9.17) is 11.6 Å². The Bertz CT molecular complexity index is 1160. The van der Waals surface area contributed by atoms with E-state index in [-0.39, 0.29) is 30.2 Å². The van der Waals surface area contributed by atoms with E-state index in [0.717, 1.165) is 42.5 Å². The van der Waals surface area contributed by atoms with Crippen molar-refractivity contribution >= 4 is 34.8 Å². The van der Waals surface area contributed by atoms with Crippen LogP contribution in [0.25, 0.3) is 0 Å². The fourth-order valence-electron chi connectivity index (χ4n) is 4.60. The minimum Gasteiger partial charge on any atom is -0.332 e. The van der Waals surface area contributed by atoms with Gasteiger partial charge in [0.25, 0.3) is 5.91 Å². The summed E-state index contributed by atoms with van der Waals surface area (Å²) < 4.78 is 13.5. The second-order valence-electron chi connectivity index (χ2n) is 9.09. The molecule has 2 aromatic carbocycles. The lowest BCUT2D eigenvalue weighted by Gasteiger charge is -2.35. The standard InChI is InChI=1S/C28H30ClFN2O2S/c1-20-11-16-24(35-20)18-31(17-21-12-14-22(30)15-13-21)27(33)19-32(23-7-3-2-4-8-23)28(34)25-9-5-6-10-26(25)29/h5-6,9-16,23H,2-4,7-8,17-19H2,1H3. The van der Waals surface area contributed by atoms with Crippen LogP contribution in [-0.4, -0.2) is 34.2 Å². The molecular formula is C28H30ClFN2O2S. The monoisotopic (exact) mass is 512 g/mol. The smallest absolute Gasteiger partial charge is 0.256 e. The minimum atomic E-state index is -0.311. The number of nitrogens with zero attached hydrogens (tertiary/aromatic N) is 2. The van der Waals surface area contributed by atoms with E-state index >= 15 is 0 Å². The molecule has 0 aliphatic heterocycles. The van der Waals surface area contributed by atoms with Crippen LogP contribution in [0.4, 0.5) is 4.39 Å². The van der Waals surface area contributed by atoms with Gasteiger partial charge in [0, 0.05) is 22.3 Å². The van der Waals surface area contributed by atoms with E-state index in [1.54, 1.807) is 57.5 Å². The van der Waals surface area contributed by atoms with Crippen molar-refractivity contribution in [3.63, 3.8) is 0 Å². The quantitative estimate of drug-likeness (QED) is 0.331. The zero-order valence-corrected chi connectivity index (χ0v) is 21.5. The number of benzene rings is 2. The molecule has 2 amide bonds. The number of aryl methyl sites for hydroxylation is 1. The van der Waals surface area contributed by atoms with Crippen LogP contribution >= 0.6 is 22.9 Å². The third kappa shape index (κ3) is 6.71. The van der Waals surface area contributed by atoms with E-state index in [9.17, 15) is 14.0 Å². The maximum Gasteiger partial charge on any atom is 0.256 e. The highest BCUT2D eigenvalue weighted by Gasteiger charge is 2.30. The second-order valence-corrected chi connectivity index (χ2v) is 10.9. The topological polar surface area (TPSA) is 40.6 Å². The number of hydrogen-bond acceptors (Lipinski definition) is 3. The van der Waals surface area contributed by atoms with Gasteiger partial charge >= 0.3 is 0 Å². The zero-order valence-electron chi connectivity index (χ0n) is 19.9. The van der Waals surface area contributed by atoms with Gasteiger partial charge in [-0.05, 0) is 61.7 Å². The SMILES string of the molecule is Cc1ccc(CN(Cc2ccc(F)cc2)C(=O)CN(C(=O)c2ccccc2Cl)C2CCCCC2)s1. The number of carbonyl (C=O) groups is 2. The van der Waals surface area contributed by atoms with E-state index in [1.807, 2.05) is 19.1 Å². The molecule has 1 saturated carbocycles. The number of amides is 2. The normalized spacial score (nSPS) is 14.0. The average molecular weight is 513 g/mol. The Kier molecular flexibility index (Phi) is 8.58. The molecule has 0 bridgehead atoms. The average Bonchev–Trinajstić information content (AvgIpc) is 3.28. The molecule has 0 unspecified atom stereocenters. The van der Waals surface area contributed by atoms with Crippen molar-refractivity contribution in [3.8, 4) is 0 Å². The fourth-order valence-corrected chi connectivity index (χ4v) is 5.72. The number of thiophene rings is 1. The van der Waals surface area contributed by atoms with Gasteiger partial charge in [0.2, 0.25) is 5.91 Å². The molecule has 0 radical (unpaired) electrons. The first-order valence-electron chi connectivity index (χ1n) is 12.0. The maximum atomic E-state index is 13.7. The summed E-state index contributed by atoms with van der Waals surface area (Å²) in [5.41, 5.74) is 1.26. The van der Waals surface area contributed by atoms with Gasteiger partial charge in [-0.3, -0.25) is 9.59 Å².